The van der Waals surface area contributed by atoms with E-state index in [0.717, 1.165) is 11.5 Å². The molecule has 0 radical (unpaired) electrons. The lowest BCUT2D eigenvalue weighted by molar-refractivity contribution is -0.119. The number of carboxylic acids is 1. The highest BCUT2D eigenvalue weighted by Crippen LogP contribution is 2.25. The second kappa shape index (κ2) is 5.07. The minimum absolute atomic E-state index is 0.0849. The second-order valence-corrected chi connectivity index (χ2v) is 4.35. The number of carbonyl (C=O) groups is 2. The van der Waals surface area contributed by atoms with E-state index >= 15 is 0 Å². The summed E-state index contributed by atoms with van der Waals surface area (Å²) in [7, 11) is 0. The lowest BCUT2D eigenvalue weighted by Crippen LogP contribution is -2.20. The summed E-state index contributed by atoms with van der Waals surface area (Å²) in [5.74, 6) is -1.37. The fourth-order valence-corrected chi connectivity index (χ4v) is 1.92. The Hall–Kier alpha value is -1.43. The second-order valence-electron chi connectivity index (χ2n) is 3.58. The van der Waals surface area contributed by atoms with Crippen LogP contribution in [0.5, 0.6) is 0 Å². The van der Waals surface area contributed by atoms with E-state index in [1.807, 2.05) is 6.92 Å². The molecule has 5 nitrogen and oxygen atoms in total. The molecule has 0 spiro atoms. The van der Waals surface area contributed by atoms with Gasteiger partial charge in [0.2, 0.25) is 5.91 Å². The van der Waals surface area contributed by atoms with Crippen LogP contribution in [0.25, 0.3) is 0 Å². The zero-order valence-corrected chi connectivity index (χ0v) is 10.2. The van der Waals surface area contributed by atoms with Gasteiger partial charge in [-0.05, 0) is 24.9 Å². The van der Waals surface area contributed by atoms with Crippen LogP contribution in [0.15, 0.2) is 0 Å². The minimum atomic E-state index is -1.06. The Bertz CT molecular complexity index is 414. The van der Waals surface area contributed by atoms with Crippen LogP contribution in [0, 0.1) is 12.8 Å². The van der Waals surface area contributed by atoms with Gasteiger partial charge in [-0.3, -0.25) is 4.79 Å². The highest BCUT2D eigenvalue weighted by Gasteiger charge is 2.20. The number of carbonyl (C=O) groups excluding carboxylic acids is 1. The first kappa shape index (κ1) is 12.6. The normalized spacial score (nSPS) is 12.2. The Morgan fingerprint density at radius 2 is 2.19 bits per heavy atom. The summed E-state index contributed by atoms with van der Waals surface area (Å²) < 4.78 is 3.92. The van der Waals surface area contributed by atoms with Gasteiger partial charge >= 0.3 is 5.97 Å². The van der Waals surface area contributed by atoms with Crippen molar-refractivity contribution in [2.24, 2.45) is 5.92 Å². The van der Waals surface area contributed by atoms with Gasteiger partial charge in [0.1, 0.15) is 10.6 Å². The van der Waals surface area contributed by atoms with E-state index in [-0.39, 0.29) is 17.4 Å². The molecule has 0 fully saturated rings. The number of aromatic carboxylic acids is 1. The quantitative estimate of drug-likeness (QED) is 0.847. The number of aryl methyl sites for hydroxylation is 1. The van der Waals surface area contributed by atoms with Crippen molar-refractivity contribution in [1.82, 2.24) is 4.37 Å². The first-order chi connectivity index (χ1) is 7.47. The van der Waals surface area contributed by atoms with E-state index < -0.39 is 5.97 Å². The fraction of sp³-hybridized carbons (Fsp3) is 0.500. The van der Waals surface area contributed by atoms with Gasteiger partial charge in [-0.15, -0.1) is 0 Å². The molecule has 1 amide bonds. The summed E-state index contributed by atoms with van der Waals surface area (Å²) in [5, 5.41) is 11.9. The lowest BCUT2D eigenvalue weighted by Gasteiger charge is -2.08. The third-order valence-corrected chi connectivity index (χ3v) is 3.23. The van der Waals surface area contributed by atoms with E-state index in [4.69, 9.17) is 5.11 Å². The van der Waals surface area contributed by atoms with Gasteiger partial charge in [-0.25, -0.2) is 4.79 Å². The predicted molar refractivity (Wildman–Crippen MR) is 61.9 cm³/mol. The van der Waals surface area contributed by atoms with E-state index in [9.17, 15) is 9.59 Å². The zero-order valence-electron chi connectivity index (χ0n) is 9.40. The third kappa shape index (κ3) is 2.57. The maximum atomic E-state index is 11.6. The molecule has 0 aliphatic rings. The summed E-state index contributed by atoms with van der Waals surface area (Å²) in [6.45, 7) is 5.31. The van der Waals surface area contributed by atoms with Gasteiger partial charge in [0.15, 0.2) is 0 Å². The Morgan fingerprint density at radius 1 is 1.56 bits per heavy atom. The van der Waals surface area contributed by atoms with Crippen LogP contribution in [0.3, 0.4) is 0 Å². The Morgan fingerprint density at radius 3 is 2.69 bits per heavy atom. The van der Waals surface area contributed by atoms with Crippen molar-refractivity contribution >= 4 is 28.4 Å². The first-order valence-electron chi connectivity index (χ1n) is 4.97. The number of nitrogens with one attached hydrogen (secondary N) is 1. The van der Waals surface area contributed by atoms with Crippen LogP contribution in [0.4, 0.5) is 5.00 Å². The van der Waals surface area contributed by atoms with Crippen LogP contribution in [0.1, 0.15) is 36.3 Å². The molecular formula is C10H14N2O3S. The summed E-state index contributed by atoms with van der Waals surface area (Å²) in [6.07, 6.45) is 0.714. The monoisotopic (exact) mass is 242 g/mol. The number of aromatic nitrogens is 1. The minimum Gasteiger partial charge on any atom is -0.478 e. The van der Waals surface area contributed by atoms with Crippen LogP contribution < -0.4 is 5.32 Å². The van der Waals surface area contributed by atoms with E-state index in [1.54, 1.807) is 13.8 Å². The molecule has 1 aromatic heterocycles. The number of hydrogen-bond donors (Lipinski definition) is 2. The Kier molecular flexibility index (Phi) is 4.00. The molecule has 1 heterocycles. The molecule has 2 N–H and O–H groups in total. The van der Waals surface area contributed by atoms with Crippen molar-refractivity contribution < 1.29 is 14.7 Å². The van der Waals surface area contributed by atoms with Crippen molar-refractivity contribution in [1.29, 1.82) is 0 Å². The zero-order chi connectivity index (χ0) is 12.3. The summed E-state index contributed by atoms with van der Waals surface area (Å²) in [5.41, 5.74) is 0.513. The van der Waals surface area contributed by atoms with Crippen LogP contribution in [-0.4, -0.2) is 21.4 Å². The molecule has 6 heteroatoms. The molecule has 1 atom stereocenters. The van der Waals surface area contributed by atoms with Crippen molar-refractivity contribution in [3.63, 3.8) is 0 Å². The van der Waals surface area contributed by atoms with Crippen LogP contribution in [0.2, 0.25) is 0 Å². The highest BCUT2D eigenvalue weighted by atomic mass is 32.1. The number of amides is 1. The fourth-order valence-electron chi connectivity index (χ4n) is 1.13. The average molecular weight is 242 g/mol. The van der Waals surface area contributed by atoms with E-state index in [2.05, 4.69) is 9.69 Å². The Balaban J connectivity index is 2.90. The third-order valence-electron chi connectivity index (χ3n) is 2.37. The standard InChI is InChI=1S/C10H14N2O3S/c1-4-5(2)8(13)11-9-7(10(14)15)6(3)12-16-9/h5H,4H2,1-3H3,(H,11,13)(H,14,15). The molecule has 0 aromatic carbocycles. The number of nitrogens with zero attached hydrogens (tertiary/aromatic N) is 1. The molecule has 0 saturated carbocycles. The molecule has 0 aliphatic heterocycles. The van der Waals surface area contributed by atoms with Crippen LogP contribution in [-0.2, 0) is 4.79 Å². The van der Waals surface area contributed by atoms with Gasteiger partial charge in [-0.1, -0.05) is 13.8 Å². The number of hydrogen-bond acceptors (Lipinski definition) is 4. The Labute approximate surface area is 97.7 Å². The number of anilines is 1. The van der Waals surface area contributed by atoms with Gasteiger partial charge in [0, 0.05) is 5.92 Å². The molecule has 1 unspecified atom stereocenters. The van der Waals surface area contributed by atoms with E-state index in [0.29, 0.717) is 17.1 Å². The smallest absolute Gasteiger partial charge is 0.340 e. The van der Waals surface area contributed by atoms with Crippen LogP contribution >= 0.6 is 11.5 Å². The molecule has 1 aromatic rings. The molecule has 0 bridgehead atoms. The van der Waals surface area contributed by atoms with Crippen molar-refractivity contribution in [2.75, 3.05) is 5.32 Å². The maximum Gasteiger partial charge on any atom is 0.340 e. The summed E-state index contributed by atoms with van der Waals surface area (Å²) in [4.78, 5) is 22.5. The van der Waals surface area contributed by atoms with Crippen molar-refractivity contribution in [3.8, 4) is 0 Å². The SMILES string of the molecule is CCC(C)C(=O)Nc1snc(C)c1C(=O)O. The van der Waals surface area contributed by atoms with Gasteiger partial charge < -0.3 is 10.4 Å². The maximum absolute atomic E-state index is 11.6. The molecule has 0 aliphatic carbocycles. The highest BCUT2D eigenvalue weighted by molar-refractivity contribution is 7.11. The van der Waals surface area contributed by atoms with Crippen molar-refractivity contribution in [3.05, 3.63) is 11.3 Å². The molecule has 16 heavy (non-hydrogen) atoms. The first-order valence-corrected chi connectivity index (χ1v) is 5.75. The topological polar surface area (TPSA) is 79.3 Å². The molecule has 0 saturated heterocycles. The van der Waals surface area contributed by atoms with Gasteiger partial charge in [0.05, 0.1) is 5.69 Å². The van der Waals surface area contributed by atoms with E-state index in [1.165, 1.54) is 0 Å². The summed E-state index contributed by atoms with van der Waals surface area (Å²) >= 11 is 0.998. The predicted octanol–water partition coefficient (Wildman–Crippen LogP) is 2.13. The lowest BCUT2D eigenvalue weighted by atomic mass is 10.1. The summed E-state index contributed by atoms with van der Waals surface area (Å²) in [6, 6.07) is 0. The van der Waals surface area contributed by atoms with Gasteiger partial charge in [0.25, 0.3) is 0 Å². The number of carboxylic acid groups (broad SMARTS) is 1. The molecule has 1 rings (SSSR count). The average Bonchev–Trinajstić information content (AvgIpc) is 2.58. The largest absolute Gasteiger partial charge is 0.478 e. The molecule has 88 valence electrons. The molecular weight excluding hydrogens is 228 g/mol. The number of rotatable bonds is 4. The van der Waals surface area contributed by atoms with Gasteiger partial charge in [-0.2, -0.15) is 4.37 Å². The van der Waals surface area contributed by atoms with Crippen molar-refractivity contribution in [2.45, 2.75) is 27.2 Å².